The summed E-state index contributed by atoms with van der Waals surface area (Å²) < 4.78 is 32.5. The summed E-state index contributed by atoms with van der Waals surface area (Å²) in [6, 6.07) is 9.44. The number of aryl methyl sites for hydroxylation is 3. The molecule has 1 aliphatic heterocycles. The number of carbonyl (C=O) groups excluding carboxylic acids is 1. The van der Waals surface area contributed by atoms with Crippen LogP contribution in [0.5, 0.6) is 5.75 Å². The first-order valence-electron chi connectivity index (χ1n) is 9.29. The molecule has 1 saturated heterocycles. The van der Waals surface area contributed by atoms with Gasteiger partial charge in [-0.3, -0.25) is 4.79 Å². The van der Waals surface area contributed by atoms with E-state index in [1.54, 1.807) is 18.1 Å². The number of hydrogen-bond donors (Lipinski definition) is 0. The number of amides is 1. The van der Waals surface area contributed by atoms with E-state index in [0.29, 0.717) is 43.9 Å². The monoisotopic (exact) mass is 422 g/mol. The van der Waals surface area contributed by atoms with Crippen LogP contribution >= 0.6 is 11.3 Å². The number of nitrogens with zero attached hydrogens (tertiary/aromatic N) is 2. The third-order valence-electron chi connectivity index (χ3n) is 4.97. The summed E-state index contributed by atoms with van der Waals surface area (Å²) >= 11 is 1.49. The molecule has 8 heteroatoms. The molecule has 0 saturated carbocycles. The largest absolute Gasteiger partial charge is 0.497 e. The minimum absolute atomic E-state index is 0.0578. The molecule has 0 N–H and O–H groups in total. The average molecular weight is 423 g/mol. The SMILES string of the molecule is COc1cccc(CCC(=O)N2CCN(S(=O)(=O)c3cc(C)sc3C)CC2)c1. The van der Waals surface area contributed by atoms with Crippen LogP contribution in [-0.2, 0) is 21.2 Å². The molecule has 0 aliphatic carbocycles. The van der Waals surface area contributed by atoms with Gasteiger partial charge in [0.25, 0.3) is 0 Å². The lowest BCUT2D eigenvalue weighted by Gasteiger charge is -2.34. The highest BCUT2D eigenvalue weighted by molar-refractivity contribution is 7.89. The number of ether oxygens (including phenoxy) is 1. The van der Waals surface area contributed by atoms with Gasteiger partial charge < -0.3 is 9.64 Å². The number of methoxy groups -OCH3 is 1. The zero-order valence-electron chi connectivity index (χ0n) is 16.5. The van der Waals surface area contributed by atoms with Crippen molar-refractivity contribution in [3.8, 4) is 5.75 Å². The van der Waals surface area contributed by atoms with Crippen LogP contribution in [-0.4, -0.2) is 56.8 Å². The summed E-state index contributed by atoms with van der Waals surface area (Å²) in [5.41, 5.74) is 1.05. The number of benzene rings is 1. The molecule has 0 atom stereocenters. The second-order valence-electron chi connectivity index (χ2n) is 6.91. The molecule has 0 unspecified atom stereocenters. The second kappa shape index (κ2) is 8.63. The minimum Gasteiger partial charge on any atom is -0.497 e. The van der Waals surface area contributed by atoms with E-state index < -0.39 is 10.0 Å². The van der Waals surface area contributed by atoms with Gasteiger partial charge in [-0.25, -0.2) is 8.42 Å². The van der Waals surface area contributed by atoms with Gasteiger partial charge in [0.15, 0.2) is 0 Å². The highest BCUT2D eigenvalue weighted by Crippen LogP contribution is 2.28. The van der Waals surface area contributed by atoms with Gasteiger partial charge in [-0.05, 0) is 44.0 Å². The summed E-state index contributed by atoms with van der Waals surface area (Å²) in [7, 11) is -1.87. The van der Waals surface area contributed by atoms with Crippen molar-refractivity contribution in [2.75, 3.05) is 33.3 Å². The molecule has 1 aliphatic rings. The second-order valence-corrected chi connectivity index (χ2v) is 10.3. The van der Waals surface area contributed by atoms with Crippen LogP contribution in [0.4, 0.5) is 0 Å². The Morgan fingerprint density at radius 2 is 1.86 bits per heavy atom. The molecule has 2 heterocycles. The Balaban J connectivity index is 1.56. The first kappa shape index (κ1) is 20.8. The summed E-state index contributed by atoms with van der Waals surface area (Å²) in [6.45, 7) is 5.28. The molecule has 1 amide bonds. The number of carbonyl (C=O) groups is 1. The Kier molecular flexibility index (Phi) is 6.42. The van der Waals surface area contributed by atoms with Gasteiger partial charge in [0.05, 0.1) is 12.0 Å². The Bertz CT molecular complexity index is 945. The van der Waals surface area contributed by atoms with Gasteiger partial charge in [-0.2, -0.15) is 4.31 Å². The van der Waals surface area contributed by atoms with Gasteiger partial charge in [-0.15, -0.1) is 11.3 Å². The summed E-state index contributed by atoms with van der Waals surface area (Å²) in [6.07, 6.45) is 1.05. The molecule has 1 fully saturated rings. The first-order chi connectivity index (χ1) is 13.3. The lowest BCUT2D eigenvalue weighted by atomic mass is 10.1. The number of sulfonamides is 1. The van der Waals surface area contributed by atoms with E-state index in [1.807, 2.05) is 38.1 Å². The molecule has 0 bridgehead atoms. The predicted molar refractivity (Wildman–Crippen MR) is 110 cm³/mol. The van der Waals surface area contributed by atoms with Crippen LogP contribution in [0.1, 0.15) is 21.7 Å². The summed E-state index contributed by atoms with van der Waals surface area (Å²) in [4.78, 5) is 16.5. The fraction of sp³-hybridized carbons (Fsp3) is 0.450. The van der Waals surface area contributed by atoms with E-state index in [1.165, 1.54) is 15.6 Å². The zero-order chi connectivity index (χ0) is 20.3. The van der Waals surface area contributed by atoms with Crippen molar-refractivity contribution in [3.05, 3.63) is 45.6 Å². The normalized spacial score (nSPS) is 15.6. The maximum Gasteiger partial charge on any atom is 0.244 e. The molecule has 0 spiro atoms. The molecule has 28 heavy (non-hydrogen) atoms. The fourth-order valence-electron chi connectivity index (χ4n) is 3.42. The maximum absolute atomic E-state index is 12.9. The van der Waals surface area contributed by atoms with Crippen LogP contribution < -0.4 is 4.74 Å². The topological polar surface area (TPSA) is 66.9 Å². The van der Waals surface area contributed by atoms with Crippen molar-refractivity contribution in [1.29, 1.82) is 0 Å². The molecule has 6 nitrogen and oxygen atoms in total. The van der Waals surface area contributed by atoms with Crippen molar-refractivity contribution in [3.63, 3.8) is 0 Å². The van der Waals surface area contributed by atoms with Crippen LogP contribution in [0, 0.1) is 13.8 Å². The van der Waals surface area contributed by atoms with Crippen molar-refractivity contribution in [1.82, 2.24) is 9.21 Å². The number of thiophene rings is 1. The molecule has 152 valence electrons. The van der Waals surface area contributed by atoms with Crippen LogP contribution in [0.2, 0.25) is 0 Å². The Hall–Kier alpha value is -1.90. The van der Waals surface area contributed by atoms with Crippen molar-refractivity contribution in [2.45, 2.75) is 31.6 Å². The highest BCUT2D eigenvalue weighted by atomic mass is 32.2. The van der Waals surface area contributed by atoms with E-state index in [0.717, 1.165) is 21.1 Å². The Labute approximate surface area is 170 Å². The number of rotatable bonds is 6. The van der Waals surface area contributed by atoms with Gasteiger partial charge in [0.2, 0.25) is 15.9 Å². The van der Waals surface area contributed by atoms with E-state index >= 15 is 0 Å². The van der Waals surface area contributed by atoms with Gasteiger partial charge in [-0.1, -0.05) is 12.1 Å². The molecular formula is C20H26N2O4S2. The van der Waals surface area contributed by atoms with Gasteiger partial charge in [0, 0.05) is 42.4 Å². The minimum atomic E-state index is -3.49. The third kappa shape index (κ3) is 4.56. The van der Waals surface area contributed by atoms with E-state index in [-0.39, 0.29) is 5.91 Å². The molecule has 0 radical (unpaired) electrons. The lowest BCUT2D eigenvalue weighted by Crippen LogP contribution is -2.50. The quantitative estimate of drug-likeness (QED) is 0.718. The summed E-state index contributed by atoms with van der Waals surface area (Å²) in [5.74, 6) is 0.838. The van der Waals surface area contributed by atoms with E-state index in [4.69, 9.17) is 4.74 Å². The van der Waals surface area contributed by atoms with Gasteiger partial charge in [0.1, 0.15) is 5.75 Å². The van der Waals surface area contributed by atoms with E-state index in [9.17, 15) is 13.2 Å². The third-order valence-corrected chi connectivity index (χ3v) is 8.09. The standard InChI is InChI=1S/C20H26N2O4S2/c1-15-13-19(16(2)27-15)28(24,25)22-11-9-21(10-12-22)20(23)8-7-17-5-4-6-18(14-17)26-3/h4-6,13-14H,7-12H2,1-3H3. The van der Waals surface area contributed by atoms with Gasteiger partial charge >= 0.3 is 0 Å². The number of hydrogen-bond acceptors (Lipinski definition) is 5. The maximum atomic E-state index is 12.9. The fourth-order valence-corrected chi connectivity index (χ4v) is 6.36. The molecule has 2 aromatic rings. The molecular weight excluding hydrogens is 396 g/mol. The van der Waals surface area contributed by atoms with Crippen LogP contribution in [0.15, 0.2) is 35.2 Å². The van der Waals surface area contributed by atoms with E-state index in [2.05, 4.69) is 0 Å². The lowest BCUT2D eigenvalue weighted by molar-refractivity contribution is -0.132. The van der Waals surface area contributed by atoms with Crippen molar-refractivity contribution >= 4 is 27.3 Å². The molecule has 1 aromatic heterocycles. The van der Waals surface area contributed by atoms with Crippen LogP contribution in [0.25, 0.3) is 0 Å². The molecule has 1 aromatic carbocycles. The highest BCUT2D eigenvalue weighted by Gasteiger charge is 2.31. The van der Waals surface area contributed by atoms with Crippen molar-refractivity contribution < 1.29 is 17.9 Å². The Morgan fingerprint density at radius 1 is 1.14 bits per heavy atom. The predicted octanol–water partition coefficient (Wildman–Crippen LogP) is 2.84. The van der Waals surface area contributed by atoms with Crippen LogP contribution in [0.3, 0.4) is 0 Å². The zero-order valence-corrected chi connectivity index (χ0v) is 18.1. The first-order valence-corrected chi connectivity index (χ1v) is 11.5. The Morgan fingerprint density at radius 3 is 2.46 bits per heavy atom. The smallest absolute Gasteiger partial charge is 0.244 e. The molecule has 3 rings (SSSR count). The number of piperazine rings is 1. The van der Waals surface area contributed by atoms with Crippen molar-refractivity contribution in [2.24, 2.45) is 0 Å². The summed E-state index contributed by atoms with van der Waals surface area (Å²) in [5, 5.41) is 0. The average Bonchev–Trinajstić information content (AvgIpc) is 3.05.